The number of benzene rings is 2. The third-order valence-electron chi connectivity index (χ3n) is 3.90. The number of halogens is 1. The van der Waals surface area contributed by atoms with E-state index < -0.39 is 0 Å². The fourth-order valence-corrected chi connectivity index (χ4v) is 4.85. The Kier molecular flexibility index (Phi) is 3.04. The highest BCUT2D eigenvalue weighted by molar-refractivity contribution is 9.09. The molecule has 2 aromatic carbocycles. The number of hydrogen-bond acceptors (Lipinski definition) is 2. The van der Waals surface area contributed by atoms with Gasteiger partial charge in [-0.25, -0.2) is 0 Å². The molecule has 0 radical (unpaired) electrons. The Hall–Kier alpha value is -1.32. The quantitative estimate of drug-likeness (QED) is 0.556. The van der Waals surface area contributed by atoms with E-state index in [1.54, 1.807) is 0 Å². The second-order valence-corrected chi connectivity index (χ2v) is 6.94. The van der Waals surface area contributed by atoms with Crippen LogP contribution in [0.25, 0.3) is 10.1 Å². The largest absolute Gasteiger partial charge is 0.493 e. The maximum absolute atomic E-state index is 5.82. The van der Waals surface area contributed by atoms with E-state index in [2.05, 4.69) is 63.8 Å². The molecule has 20 heavy (non-hydrogen) atoms. The van der Waals surface area contributed by atoms with Gasteiger partial charge in [0.1, 0.15) is 5.75 Å². The van der Waals surface area contributed by atoms with Gasteiger partial charge in [0.05, 0.1) is 11.4 Å². The van der Waals surface area contributed by atoms with Crippen molar-refractivity contribution in [3.63, 3.8) is 0 Å². The van der Waals surface area contributed by atoms with Crippen molar-refractivity contribution in [2.24, 2.45) is 0 Å². The van der Waals surface area contributed by atoms with Crippen LogP contribution in [0.3, 0.4) is 0 Å². The topological polar surface area (TPSA) is 9.23 Å². The van der Waals surface area contributed by atoms with Crippen LogP contribution >= 0.6 is 27.3 Å². The molecular formula is C17H13BrOS. The molecule has 0 fully saturated rings. The van der Waals surface area contributed by atoms with Crippen LogP contribution in [0.4, 0.5) is 0 Å². The van der Waals surface area contributed by atoms with Crippen LogP contribution in [-0.2, 0) is 0 Å². The standard InChI is InChI=1S/C17H13BrOS/c18-17(13-9-19-15-7-3-1-5-11(13)15)14-10-20-16-8-4-2-6-12(14)16/h1-8,10,13,17H,9H2. The van der Waals surface area contributed by atoms with E-state index >= 15 is 0 Å². The van der Waals surface area contributed by atoms with Gasteiger partial charge in [-0.2, -0.15) is 0 Å². The highest BCUT2D eigenvalue weighted by Gasteiger charge is 2.31. The predicted octanol–water partition coefficient (Wildman–Crippen LogP) is 5.51. The summed E-state index contributed by atoms with van der Waals surface area (Å²) in [5.41, 5.74) is 2.68. The van der Waals surface area contributed by atoms with Crippen molar-refractivity contribution in [3.8, 4) is 5.75 Å². The zero-order valence-electron chi connectivity index (χ0n) is 10.8. The number of rotatable bonds is 2. The van der Waals surface area contributed by atoms with Crippen LogP contribution < -0.4 is 4.74 Å². The first kappa shape index (κ1) is 12.4. The summed E-state index contributed by atoms with van der Waals surface area (Å²) in [5, 5.41) is 3.62. The molecule has 2 atom stereocenters. The van der Waals surface area contributed by atoms with Crippen LogP contribution in [0.1, 0.15) is 21.9 Å². The number of hydrogen-bond donors (Lipinski definition) is 0. The molecule has 0 aliphatic carbocycles. The molecule has 0 N–H and O–H groups in total. The molecule has 2 unspecified atom stereocenters. The molecule has 0 saturated carbocycles. The van der Waals surface area contributed by atoms with Crippen LogP contribution in [0.2, 0.25) is 0 Å². The maximum Gasteiger partial charge on any atom is 0.122 e. The smallest absolute Gasteiger partial charge is 0.122 e. The molecule has 0 spiro atoms. The second-order valence-electron chi connectivity index (χ2n) is 5.04. The van der Waals surface area contributed by atoms with Gasteiger partial charge in [0.15, 0.2) is 0 Å². The van der Waals surface area contributed by atoms with Gasteiger partial charge in [-0.1, -0.05) is 52.3 Å². The molecule has 1 aromatic heterocycles. The molecule has 1 aliphatic heterocycles. The number of alkyl halides is 1. The summed E-state index contributed by atoms with van der Waals surface area (Å²) in [4.78, 5) is 0.294. The van der Waals surface area contributed by atoms with Crippen LogP contribution in [-0.4, -0.2) is 6.61 Å². The van der Waals surface area contributed by atoms with Crippen molar-refractivity contribution in [2.45, 2.75) is 10.7 Å². The summed E-state index contributed by atoms with van der Waals surface area (Å²) in [5.74, 6) is 1.41. The average molecular weight is 345 g/mol. The summed E-state index contributed by atoms with van der Waals surface area (Å²) >= 11 is 5.72. The average Bonchev–Trinajstić information content (AvgIpc) is 3.11. The van der Waals surface area contributed by atoms with E-state index in [-0.39, 0.29) is 0 Å². The van der Waals surface area contributed by atoms with Crippen molar-refractivity contribution in [3.05, 3.63) is 65.0 Å². The Morgan fingerprint density at radius 3 is 2.85 bits per heavy atom. The molecule has 4 rings (SSSR count). The minimum atomic E-state index is 0.294. The monoisotopic (exact) mass is 344 g/mol. The van der Waals surface area contributed by atoms with Crippen molar-refractivity contribution in [2.75, 3.05) is 6.61 Å². The molecule has 3 aromatic rings. The zero-order valence-corrected chi connectivity index (χ0v) is 13.2. The van der Waals surface area contributed by atoms with Crippen LogP contribution in [0, 0.1) is 0 Å². The number of fused-ring (bicyclic) bond motifs is 2. The Morgan fingerprint density at radius 1 is 1.10 bits per heavy atom. The Morgan fingerprint density at radius 2 is 1.90 bits per heavy atom. The molecule has 100 valence electrons. The lowest BCUT2D eigenvalue weighted by Crippen LogP contribution is -2.07. The van der Waals surface area contributed by atoms with E-state index in [0.717, 1.165) is 12.4 Å². The van der Waals surface area contributed by atoms with Crippen molar-refractivity contribution in [1.29, 1.82) is 0 Å². The van der Waals surface area contributed by atoms with E-state index in [0.29, 0.717) is 10.7 Å². The lowest BCUT2D eigenvalue weighted by atomic mass is 9.93. The molecule has 1 nitrogen and oxygen atoms in total. The molecule has 0 bridgehead atoms. The van der Waals surface area contributed by atoms with Crippen molar-refractivity contribution in [1.82, 2.24) is 0 Å². The first-order valence-corrected chi connectivity index (χ1v) is 8.46. The Balaban J connectivity index is 1.77. The lowest BCUT2D eigenvalue weighted by molar-refractivity contribution is 0.330. The van der Waals surface area contributed by atoms with Crippen molar-refractivity contribution >= 4 is 37.4 Å². The Labute approximate surface area is 130 Å². The molecule has 3 heteroatoms. The highest BCUT2D eigenvalue weighted by atomic mass is 79.9. The predicted molar refractivity (Wildman–Crippen MR) is 88.2 cm³/mol. The minimum absolute atomic E-state index is 0.294. The number of thiophene rings is 1. The van der Waals surface area contributed by atoms with Crippen LogP contribution in [0.5, 0.6) is 5.75 Å². The van der Waals surface area contributed by atoms with E-state index in [9.17, 15) is 0 Å². The van der Waals surface area contributed by atoms with Gasteiger partial charge in [0.2, 0.25) is 0 Å². The number of ether oxygens (including phenoxy) is 1. The molecule has 0 amide bonds. The third kappa shape index (κ3) is 1.88. The van der Waals surface area contributed by atoms with E-state index in [4.69, 9.17) is 4.74 Å². The van der Waals surface area contributed by atoms with Gasteiger partial charge >= 0.3 is 0 Å². The first-order valence-electron chi connectivity index (χ1n) is 6.66. The minimum Gasteiger partial charge on any atom is -0.493 e. The molecule has 1 aliphatic rings. The van der Waals surface area contributed by atoms with Gasteiger partial charge in [0, 0.05) is 16.2 Å². The highest BCUT2D eigenvalue weighted by Crippen LogP contribution is 2.47. The van der Waals surface area contributed by atoms with E-state index in [1.165, 1.54) is 21.2 Å². The molecule has 0 saturated heterocycles. The normalized spacial score (nSPS) is 18.8. The first-order chi connectivity index (χ1) is 9.84. The maximum atomic E-state index is 5.82. The molecular weight excluding hydrogens is 332 g/mol. The summed E-state index contributed by atoms with van der Waals surface area (Å²) < 4.78 is 7.16. The summed E-state index contributed by atoms with van der Waals surface area (Å²) in [6.07, 6.45) is 0. The van der Waals surface area contributed by atoms with Gasteiger partial charge in [0.25, 0.3) is 0 Å². The fraction of sp³-hybridized carbons (Fsp3) is 0.176. The zero-order chi connectivity index (χ0) is 13.5. The van der Waals surface area contributed by atoms with Gasteiger partial charge in [-0.3, -0.25) is 0 Å². The second kappa shape index (κ2) is 4.90. The Bertz CT molecular complexity index is 764. The summed E-state index contributed by atoms with van der Waals surface area (Å²) in [6, 6.07) is 16.9. The lowest BCUT2D eigenvalue weighted by Gasteiger charge is -2.16. The van der Waals surface area contributed by atoms with Gasteiger partial charge in [-0.15, -0.1) is 11.3 Å². The van der Waals surface area contributed by atoms with Gasteiger partial charge < -0.3 is 4.74 Å². The molecule has 2 heterocycles. The van der Waals surface area contributed by atoms with Crippen molar-refractivity contribution < 1.29 is 4.74 Å². The summed E-state index contributed by atoms with van der Waals surface area (Å²) in [6.45, 7) is 0.749. The van der Waals surface area contributed by atoms with Gasteiger partial charge in [-0.05, 0) is 28.5 Å². The van der Waals surface area contributed by atoms with E-state index in [1.807, 2.05) is 17.4 Å². The summed E-state index contributed by atoms with van der Waals surface area (Å²) in [7, 11) is 0. The van der Waals surface area contributed by atoms with Crippen LogP contribution in [0.15, 0.2) is 53.9 Å². The SMILES string of the molecule is BrC(c1csc2ccccc12)C1COc2ccccc21. The third-order valence-corrected chi connectivity index (χ3v) is 6.01. The fourth-order valence-electron chi connectivity index (χ4n) is 2.86. The number of para-hydroxylation sites is 1.